The van der Waals surface area contributed by atoms with Crippen molar-refractivity contribution >= 4 is 5.95 Å². The van der Waals surface area contributed by atoms with Crippen molar-refractivity contribution in [1.82, 2.24) is 20.1 Å². The normalized spacial score (nSPS) is 15.4. The van der Waals surface area contributed by atoms with E-state index in [1.54, 1.807) is 12.1 Å². The number of aromatic nitrogens is 3. The summed E-state index contributed by atoms with van der Waals surface area (Å²) in [7, 11) is 1.90. The Kier molecular flexibility index (Phi) is 4.19. The van der Waals surface area contributed by atoms with Gasteiger partial charge in [0.05, 0.1) is 0 Å². The van der Waals surface area contributed by atoms with Crippen molar-refractivity contribution in [2.75, 3.05) is 31.1 Å². The lowest BCUT2D eigenvalue weighted by Crippen LogP contribution is -2.44. The second-order valence-corrected chi connectivity index (χ2v) is 5.02. The van der Waals surface area contributed by atoms with E-state index in [1.165, 1.54) is 12.1 Å². The van der Waals surface area contributed by atoms with Gasteiger partial charge in [0.15, 0.2) is 5.82 Å². The predicted molar refractivity (Wildman–Crippen MR) is 78.2 cm³/mol. The van der Waals surface area contributed by atoms with E-state index in [0.29, 0.717) is 5.82 Å². The summed E-state index contributed by atoms with van der Waals surface area (Å²) in [5.41, 5.74) is 0.804. The summed E-state index contributed by atoms with van der Waals surface area (Å²) in [5, 5.41) is 11.8. The lowest BCUT2D eigenvalue weighted by atomic mass is 10.2. The van der Waals surface area contributed by atoms with Gasteiger partial charge in [0.25, 0.3) is 0 Å². The Hall–Kier alpha value is -2.22. The molecule has 0 spiro atoms. The van der Waals surface area contributed by atoms with Crippen LogP contribution in [0, 0.1) is 0 Å². The molecule has 1 N–H and O–H groups in total. The monoisotopic (exact) mass is 309 g/mol. The Morgan fingerprint density at radius 1 is 1.14 bits per heavy atom. The first-order valence-corrected chi connectivity index (χ1v) is 7.05. The molecule has 0 radical (unpaired) electrons. The molecule has 1 fully saturated rings. The van der Waals surface area contributed by atoms with Crippen LogP contribution in [-0.2, 0) is 7.05 Å². The minimum absolute atomic E-state index is 0.128. The molecular formula is C14H17F2N5O. The fourth-order valence-corrected chi connectivity index (χ4v) is 2.50. The highest BCUT2D eigenvalue weighted by atomic mass is 19.3. The summed E-state index contributed by atoms with van der Waals surface area (Å²) in [6, 6.07) is 6.40. The number of nitrogens with zero attached hydrogens (tertiary/aromatic N) is 4. The molecule has 2 heterocycles. The van der Waals surface area contributed by atoms with Gasteiger partial charge in [0, 0.05) is 38.8 Å². The number of alkyl halides is 2. The van der Waals surface area contributed by atoms with Crippen LogP contribution in [0.5, 0.6) is 5.75 Å². The molecule has 3 rings (SSSR count). The summed E-state index contributed by atoms with van der Waals surface area (Å²) >= 11 is 0. The smallest absolute Gasteiger partial charge is 0.387 e. The maximum absolute atomic E-state index is 12.2. The van der Waals surface area contributed by atoms with E-state index >= 15 is 0 Å². The molecule has 22 heavy (non-hydrogen) atoms. The summed E-state index contributed by atoms with van der Waals surface area (Å²) in [6.07, 6.45) is 0. The summed E-state index contributed by atoms with van der Waals surface area (Å²) in [6.45, 7) is 0.782. The van der Waals surface area contributed by atoms with E-state index in [-0.39, 0.29) is 5.75 Å². The zero-order valence-corrected chi connectivity index (χ0v) is 12.2. The molecule has 118 valence electrons. The van der Waals surface area contributed by atoms with Crippen LogP contribution in [0.2, 0.25) is 0 Å². The van der Waals surface area contributed by atoms with E-state index < -0.39 is 6.61 Å². The SMILES string of the molecule is Cn1c(-c2ccc(OC(F)F)cc2)nnc1N1CCNCC1. The molecule has 0 bridgehead atoms. The molecule has 0 unspecified atom stereocenters. The van der Waals surface area contributed by atoms with Crippen LogP contribution in [0.3, 0.4) is 0 Å². The number of rotatable bonds is 4. The minimum atomic E-state index is -2.82. The molecule has 1 aliphatic rings. The third kappa shape index (κ3) is 3.01. The van der Waals surface area contributed by atoms with E-state index in [4.69, 9.17) is 0 Å². The van der Waals surface area contributed by atoms with Gasteiger partial charge >= 0.3 is 6.61 Å². The minimum Gasteiger partial charge on any atom is -0.435 e. The third-order valence-corrected chi connectivity index (χ3v) is 3.59. The topological polar surface area (TPSA) is 55.2 Å². The molecule has 1 aromatic heterocycles. The first-order valence-electron chi connectivity index (χ1n) is 7.05. The fraction of sp³-hybridized carbons (Fsp3) is 0.429. The van der Waals surface area contributed by atoms with Crippen molar-refractivity contribution < 1.29 is 13.5 Å². The van der Waals surface area contributed by atoms with Gasteiger partial charge in [-0.2, -0.15) is 8.78 Å². The highest BCUT2D eigenvalue weighted by Crippen LogP contribution is 2.24. The summed E-state index contributed by atoms with van der Waals surface area (Å²) < 4.78 is 30.6. The maximum Gasteiger partial charge on any atom is 0.387 e. The van der Waals surface area contributed by atoms with Gasteiger partial charge < -0.3 is 15.0 Å². The average molecular weight is 309 g/mol. The van der Waals surface area contributed by atoms with Crippen molar-refractivity contribution in [3.8, 4) is 17.1 Å². The fourth-order valence-electron chi connectivity index (χ4n) is 2.50. The standard InChI is InChI=1S/C14H17F2N5O/c1-20-12(10-2-4-11(5-3-10)22-13(15)16)18-19-14(20)21-8-6-17-7-9-21/h2-5,13,17H,6-9H2,1H3. The molecule has 0 saturated carbocycles. The molecule has 1 aliphatic heterocycles. The van der Waals surface area contributed by atoms with Crippen LogP contribution < -0.4 is 15.0 Å². The number of benzene rings is 1. The van der Waals surface area contributed by atoms with Crippen LogP contribution >= 0.6 is 0 Å². The lowest BCUT2D eigenvalue weighted by molar-refractivity contribution is -0.0498. The van der Waals surface area contributed by atoms with Gasteiger partial charge in [-0.15, -0.1) is 10.2 Å². The first kappa shape index (κ1) is 14.7. The van der Waals surface area contributed by atoms with Gasteiger partial charge in [0.1, 0.15) is 5.75 Å². The van der Waals surface area contributed by atoms with Crippen molar-refractivity contribution in [3.63, 3.8) is 0 Å². The van der Waals surface area contributed by atoms with Crippen molar-refractivity contribution in [1.29, 1.82) is 0 Å². The quantitative estimate of drug-likeness (QED) is 0.927. The van der Waals surface area contributed by atoms with E-state index in [9.17, 15) is 8.78 Å². The van der Waals surface area contributed by atoms with Crippen LogP contribution in [-0.4, -0.2) is 47.6 Å². The Bertz CT molecular complexity index is 623. The van der Waals surface area contributed by atoms with Crippen LogP contribution in [0.25, 0.3) is 11.4 Å². The molecule has 1 aromatic carbocycles. The van der Waals surface area contributed by atoms with E-state index in [1.807, 2.05) is 11.6 Å². The van der Waals surface area contributed by atoms with Crippen LogP contribution in [0.1, 0.15) is 0 Å². The number of ether oxygens (including phenoxy) is 1. The molecule has 2 aromatic rings. The highest BCUT2D eigenvalue weighted by molar-refractivity contribution is 5.58. The van der Waals surface area contributed by atoms with E-state index in [2.05, 4.69) is 25.2 Å². The molecular weight excluding hydrogens is 292 g/mol. The van der Waals surface area contributed by atoms with Crippen molar-refractivity contribution in [3.05, 3.63) is 24.3 Å². The number of nitrogens with one attached hydrogen (secondary N) is 1. The molecule has 1 saturated heterocycles. The molecule has 0 amide bonds. The third-order valence-electron chi connectivity index (χ3n) is 3.59. The maximum atomic E-state index is 12.2. The number of halogens is 2. The van der Waals surface area contributed by atoms with Crippen LogP contribution in [0.15, 0.2) is 24.3 Å². The zero-order valence-electron chi connectivity index (χ0n) is 12.2. The second kappa shape index (κ2) is 6.27. The molecule has 6 nitrogen and oxygen atoms in total. The zero-order chi connectivity index (χ0) is 15.5. The largest absolute Gasteiger partial charge is 0.435 e. The van der Waals surface area contributed by atoms with Gasteiger partial charge in [-0.25, -0.2) is 0 Å². The Morgan fingerprint density at radius 3 is 2.45 bits per heavy atom. The van der Waals surface area contributed by atoms with Gasteiger partial charge in [-0.3, -0.25) is 4.57 Å². The first-order chi connectivity index (χ1) is 10.6. The number of anilines is 1. The number of hydrogen-bond donors (Lipinski definition) is 1. The Balaban J connectivity index is 1.81. The molecule has 0 atom stereocenters. The second-order valence-electron chi connectivity index (χ2n) is 5.02. The Morgan fingerprint density at radius 2 is 1.82 bits per heavy atom. The summed E-state index contributed by atoms with van der Waals surface area (Å²) in [4.78, 5) is 2.17. The number of hydrogen-bond acceptors (Lipinski definition) is 5. The van der Waals surface area contributed by atoms with Crippen LogP contribution in [0.4, 0.5) is 14.7 Å². The predicted octanol–water partition coefficient (Wildman–Crippen LogP) is 1.49. The van der Waals surface area contributed by atoms with Gasteiger partial charge in [-0.05, 0) is 24.3 Å². The Labute approximate surface area is 126 Å². The molecule has 0 aliphatic carbocycles. The lowest BCUT2D eigenvalue weighted by Gasteiger charge is -2.27. The van der Waals surface area contributed by atoms with Gasteiger partial charge in [-0.1, -0.05) is 0 Å². The number of piperazine rings is 1. The van der Waals surface area contributed by atoms with Crippen molar-refractivity contribution in [2.45, 2.75) is 6.61 Å². The highest BCUT2D eigenvalue weighted by Gasteiger charge is 2.18. The van der Waals surface area contributed by atoms with E-state index in [0.717, 1.165) is 37.7 Å². The van der Waals surface area contributed by atoms with Gasteiger partial charge in [0.2, 0.25) is 5.95 Å². The van der Waals surface area contributed by atoms with Crippen molar-refractivity contribution in [2.24, 2.45) is 7.05 Å². The average Bonchev–Trinajstić information content (AvgIpc) is 2.90. The molecule has 8 heteroatoms. The summed E-state index contributed by atoms with van der Waals surface area (Å²) in [5.74, 6) is 1.63.